The van der Waals surface area contributed by atoms with Gasteiger partial charge in [-0.05, 0) is 18.9 Å². The summed E-state index contributed by atoms with van der Waals surface area (Å²) in [5, 5.41) is 3.75. The van der Waals surface area contributed by atoms with Crippen molar-refractivity contribution >= 4 is 22.8 Å². The first-order chi connectivity index (χ1) is 12.2. The van der Waals surface area contributed by atoms with Crippen molar-refractivity contribution < 1.29 is 18.7 Å². The highest BCUT2D eigenvalue weighted by Gasteiger charge is 2.21. The minimum atomic E-state index is -0.273. The van der Waals surface area contributed by atoms with Crippen LogP contribution >= 0.6 is 0 Å². The number of fused-ring (bicyclic) bond motifs is 1. The molecular formula is C19H24N2O4. The zero-order chi connectivity index (χ0) is 17.6. The number of benzene rings is 1. The number of hydrogen-bond acceptors (Lipinski definition) is 4. The normalized spacial score (nSPS) is 15.4. The number of nitrogens with zero attached hydrogens (tertiary/aromatic N) is 1. The molecule has 2 amide bonds. The smallest absolute Gasteiger partial charge is 0.287 e. The van der Waals surface area contributed by atoms with E-state index in [-0.39, 0.29) is 17.6 Å². The van der Waals surface area contributed by atoms with Crippen molar-refractivity contribution in [1.82, 2.24) is 10.2 Å². The molecule has 0 bridgehead atoms. The van der Waals surface area contributed by atoms with Gasteiger partial charge in [0, 0.05) is 44.1 Å². The summed E-state index contributed by atoms with van der Waals surface area (Å²) in [6.07, 6.45) is 3.69. The van der Waals surface area contributed by atoms with E-state index in [1.165, 1.54) is 0 Å². The molecule has 6 heteroatoms. The molecule has 0 radical (unpaired) electrons. The van der Waals surface area contributed by atoms with Crippen molar-refractivity contribution in [3.8, 4) is 0 Å². The highest BCUT2D eigenvalue weighted by molar-refractivity contribution is 5.99. The fourth-order valence-corrected chi connectivity index (χ4v) is 3.23. The summed E-state index contributed by atoms with van der Waals surface area (Å²) in [5.74, 6) is 0.186. The lowest BCUT2D eigenvalue weighted by Crippen LogP contribution is -2.38. The van der Waals surface area contributed by atoms with Crippen LogP contribution in [0.2, 0.25) is 0 Å². The molecule has 1 fully saturated rings. The molecule has 25 heavy (non-hydrogen) atoms. The molecular weight excluding hydrogens is 320 g/mol. The minimum Gasteiger partial charge on any atom is -0.451 e. The monoisotopic (exact) mass is 344 g/mol. The lowest BCUT2D eigenvalue weighted by atomic mass is 10.1. The topological polar surface area (TPSA) is 71.8 Å². The molecule has 1 aromatic heterocycles. The van der Waals surface area contributed by atoms with Crippen LogP contribution in [0, 0.1) is 0 Å². The lowest BCUT2D eigenvalue weighted by molar-refractivity contribution is -0.130. The molecule has 2 heterocycles. The van der Waals surface area contributed by atoms with Gasteiger partial charge in [-0.3, -0.25) is 9.59 Å². The first-order valence-electron chi connectivity index (χ1n) is 8.76. The SMILES string of the molecule is COCc1c(C(=O)NCCN2CCCCCC2=O)oc2ccccc12. The molecule has 0 spiro atoms. The zero-order valence-electron chi connectivity index (χ0n) is 14.5. The van der Waals surface area contributed by atoms with Crippen LogP contribution in [0.3, 0.4) is 0 Å². The minimum absolute atomic E-state index is 0.176. The quantitative estimate of drug-likeness (QED) is 0.874. The number of nitrogens with one attached hydrogen (secondary N) is 1. The second kappa shape index (κ2) is 8.16. The molecule has 2 aromatic rings. The lowest BCUT2D eigenvalue weighted by Gasteiger charge is -2.20. The molecule has 0 aliphatic carbocycles. The van der Waals surface area contributed by atoms with Gasteiger partial charge >= 0.3 is 0 Å². The molecule has 6 nitrogen and oxygen atoms in total. The van der Waals surface area contributed by atoms with Crippen molar-refractivity contribution in [2.24, 2.45) is 0 Å². The Balaban J connectivity index is 1.66. The number of carbonyl (C=O) groups is 2. The largest absolute Gasteiger partial charge is 0.451 e. The van der Waals surface area contributed by atoms with Crippen LogP contribution in [-0.4, -0.2) is 43.5 Å². The third-order valence-electron chi connectivity index (χ3n) is 4.53. The van der Waals surface area contributed by atoms with Gasteiger partial charge < -0.3 is 19.4 Å². The summed E-state index contributed by atoms with van der Waals surface area (Å²) in [6.45, 7) is 2.02. The van der Waals surface area contributed by atoms with E-state index in [0.29, 0.717) is 31.7 Å². The van der Waals surface area contributed by atoms with Crippen LogP contribution in [0.4, 0.5) is 0 Å². The molecule has 0 atom stereocenters. The summed E-state index contributed by atoms with van der Waals surface area (Å²) < 4.78 is 10.9. The average molecular weight is 344 g/mol. The maximum absolute atomic E-state index is 12.5. The Morgan fingerprint density at radius 3 is 2.96 bits per heavy atom. The van der Waals surface area contributed by atoms with Crippen molar-refractivity contribution in [2.45, 2.75) is 32.3 Å². The highest BCUT2D eigenvalue weighted by atomic mass is 16.5. The van der Waals surface area contributed by atoms with Crippen LogP contribution in [0.1, 0.15) is 41.8 Å². The first kappa shape index (κ1) is 17.5. The van der Waals surface area contributed by atoms with Gasteiger partial charge in [-0.15, -0.1) is 0 Å². The third-order valence-corrected chi connectivity index (χ3v) is 4.53. The van der Waals surface area contributed by atoms with Gasteiger partial charge in [-0.25, -0.2) is 0 Å². The molecule has 1 aromatic carbocycles. The van der Waals surface area contributed by atoms with E-state index in [1.807, 2.05) is 29.2 Å². The van der Waals surface area contributed by atoms with Crippen molar-refractivity contribution in [3.63, 3.8) is 0 Å². The van der Waals surface area contributed by atoms with E-state index in [1.54, 1.807) is 7.11 Å². The Kier molecular flexibility index (Phi) is 5.71. The van der Waals surface area contributed by atoms with Crippen LogP contribution in [0.15, 0.2) is 28.7 Å². The Morgan fingerprint density at radius 2 is 2.12 bits per heavy atom. The second-order valence-corrected chi connectivity index (χ2v) is 6.29. The van der Waals surface area contributed by atoms with Gasteiger partial charge in [-0.1, -0.05) is 24.6 Å². The number of methoxy groups -OCH3 is 1. The van der Waals surface area contributed by atoms with E-state index in [9.17, 15) is 9.59 Å². The van der Waals surface area contributed by atoms with E-state index in [0.717, 1.165) is 36.8 Å². The maximum Gasteiger partial charge on any atom is 0.287 e. The number of amides is 2. The predicted molar refractivity (Wildman–Crippen MR) is 94.3 cm³/mol. The van der Waals surface area contributed by atoms with E-state index >= 15 is 0 Å². The van der Waals surface area contributed by atoms with Gasteiger partial charge in [-0.2, -0.15) is 0 Å². The zero-order valence-corrected chi connectivity index (χ0v) is 14.5. The number of rotatable bonds is 6. The van der Waals surface area contributed by atoms with Crippen LogP contribution in [-0.2, 0) is 16.1 Å². The Bertz CT molecular complexity index is 753. The first-order valence-corrected chi connectivity index (χ1v) is 8.76. The number of carbonyl (C=O) groups excluding carboxylic acids is 2. The number of likely N-dealkylation sites (tertiary alicyclic amines) is 1. The van der Waals surface area contributed by atoms with Crippen molar-refractivity contribution in [2.75, 3.05) is 26.7 Å². The van der Waals surface area contributed by atoms with Gasteiger partial charge in [0.1, 0.15) is 5.58 Å². The molecule has 3 rings (SSSR count). The Hall–Kier alpha value is -2.34. The van der Waals surface area contributed by atoms with Crippen molar-refractivity contribution in [3.05, 3.63) is 35.6 Å². The number of para-hydroxylation sites is 1. The number of hydrogen-bond donors (Lipinski definition) is 1. The number of furan rings is 1. The fourth-order valence-electron chi connectivity index (χ4n) is 3.23. The standard InChI is InChI=1S/C19H24N2O4/c1-24-13-15-14-7-4-5-8-16(14)25-18(15)19(23)20-10-12-21-11-6-2-3-9-17(21)22/h4-5,7-8H,2-3,6,9-13H2,1H3,(H,20,23). The molecule has 1 aliphatic heterocycles. The van der Waals surface area contributed by atoms with Gasteiger partial charge in [0.15, 0.2) is 5.76 Å². The fraction of sp³-hybridized carbons (Fsp3) is 0.474. The summed E-state index contributed by atoms with van der Waals surface area (Å²) >= 11 is 0. The van der Waals surface area contributed by atoms with Gasteiger partial charge in [0.05, 0.1) is 6.61 Å². The van der Waals surface area contributed by atoms with Gasteiger partial charge in [0.2, 0.25) is 5.91 Å². The number of ether oxygens (including phenoxy) is 1. The second-order valence-electron chi connectivity index (χ2n) is 6.29. The maximum atomic E-state index is 12.5. The third kappa shape index (κ3) is 4.02. The van der Waals surface area contributed by atoms with Crippen LogP contribution < -0.4 is 5.32 Å². The summed E-state index contributed by atoms with van der Waals surface area (Å²) in [4.78, 5) is 26.4. The van der Waals surface area contributed by atoms with Crippen molar-refractivity contribution in [1.29, 1.82) is 0 Å². The van der Waals surface area contributed by atoms with Crippen LogP contribution in [0.5, 0.6) is 0 Å². The van der Waals surface area contributed by atoms with E-state index in [4.69, 9.17) is 9.15 Å². The molecule has 0 saturated carbocycles. The molecule has 0 unspecified atom stereocenters. The highest BCUT2D eigenvalue weighted by Crippen LogP contribution is 2.26. The van der Waals surface area contributed by atoms with E-state index < -0.39 is 0 Å². The Labute approximate surface area is 147 Å². The molecule has 1 N–H and O–H groups in total. The molecule has 1 aliphatic rings. The average Bonchev–Trinajstić information content (AvgIpc) is 2.86. The Morgan fingerprint density at radius 1 is 1.28 bits per heavy atom. The molecule has 1 saturated heterocycles. The van der Waals surface area contributed by atoms with Gasteiger partial charge in [0.25, 0.3) is 5.91 Å². The summed E-state index contributed by atoms with van der Waals surface area (Å²) in [6, 6.07) is 7.53. The summed E-state index contributed by atoms with van der Waals surface area (Å²) in [5.41, 5.74) is 1.42. The molecule has 134 valence electrons. The van der Waals surface area contributed by atoms with E-state index in [2.05, 4.69) is 5.32 Å². The predicted octanol–water partition coefficient (Wildman–Crippen LogP) is 2.71. The summed E-state index contributed by atoms with van der Waals surface area (Å²) in [7, 11) is 1.59. The van der Waals surface area contributed by atoms with Crippen LogP contribution in [0.25, 0.3) is 11.0 Å².